The van der Waals surface area contributed by atoms with Gasteiger partial charge >= 0.3 is 0 Å². The number of hydrogen-bond donors (Lipinski definition) is 1. The zero-order valence-corrected chi connectivity index (χ0v) is 14.8. The topological polar surface area (TPSA) is 43.8 Å². The summed E-state index contributed by atoms with van der Waals surface area (Å²) in [6.07, 6.45) is 1.76. The molecule has 1 atom stereocenters. The van der Waals surface area contributed by atoms with E-state index in [1.807, 2.05) is 10.6 Å². The molecule has 0 aliphatic rings. The first-order chi connectivity index (χ1) is 11.5. The van der Waals surface area contributed by atoms with E-state index in [-0.39, 0.29) is 11.9 Å². The summed E-state index contributed by atoms with van der Waals surface area (Å²) in [7, 11) is 0. The Labute approximate surface area is 150 Å². The fourth-order valence-corrected chi connectivity index (χ4v) is 3.16. The molecule has 3 rings (SSSR count). The third-order valence-electron chi connectivity index (χ3n) is 3.98. The van der Waals surface area contributed by atoms with Crippen molar-refractivity contribution in [3.05, 3.63) is 63.6 Å². The van der Waals surface area contributed by atoms with Gasteiger partial charge in [-0.15, -0.1) is 0 Å². The maximum atomic E-state index is 13.5. The summed E-state index contributed by atoms with van der Waals surface area (Å²) in [6, 6.07) is 9.83. The van der Waals surface area contributed by atoms with Gasteiger partial charge in [-0.25, -0.2) is 9.37 Å². The van der Waals surface area contributed by atoms with Crippen LogP contribution < -0.4 is 5.73 Å². The maximum Gasteiger partial charge on any atom is 0.127 e. The number of aromatic nitrogens is 2. The third kappa shape index (κ3) is 3.41. The fraction of sp³-hybridized carbons (Fsp3) is 0.278. The number of nitrogens with zero attached hydrogens (tertiary/aromatic N) is 2. The lowest BCUT2D eigenvalue weighted by Crippen LogP contribution is -2.17. The molecule has 0 radical (unpaired) electrons. The summed E-state index contributed by atoms with van der Waals surface area (Å²) in [5.41, 5.74) is 8.73. The second-order valence-electron chi connectivity index (χ2n) is 5.84. The Kier molecular flexibility index (Phi) is 5.09. The lowest BCUT2D eigenvalue weighted by atomic mass is 10.1. The molecule has 0 fully saturated rings. The van der Waals surface area contributed by atoms with Crippen LogP contribution in [0.4, 0.5) is 4.39 Å². The Morgan fingerprint density at radius 2 is 1.96 bits per heavy atom. The largest absolute Gasteiger partial charge is 0.322 e. The molecule has 0 aliphatic heterocycles. The average Bonchev–Trinajstić information content (AvgIpc) is 2.86. The standard InChI is InChI=1S/C18H18Cl2FN3/c1-2-4-15(22)18-23-16-8-13(19)14(20)9-17(16)24(18)10-11-5-3-6-12(21)7-11/h3,5-9,15H,2,4,10,22H2,1H3/t15-/m0/s1. The quantitative estimate of drug-likeness (QED) is 0.663. The zero-order valence-electron chi connectivity index (χ0n) is 13.3. The van der Waals surface area contributed by atoms with Gasteiger partial charge < -0.3 is 10.3 Å². The number of benzene rings is 2. The number of halogens is 3. The molecule has 3 nitrogen and oxygen atoms in total. The molecule has 126 valence electrons. The molecule has 0 saturated carbocycles. The third-order valence-corrected chi connectivity index (χ3v) is 4.70. The molecule has 2 aromatic carbocycles. The van der Waals surface area contributed by atoms with Gasteiger partial charge in [0.05, 0.1) is 27.1 Å². The smallest absolute Gasteiger partial charge is 0.127 e. The van der Waals surface area contributed by atoms with Gasteiger partial charge in [-0.2, -0.15) is 0 Å². The molecule has 2 N–H and O–H groups in total. The van der Waals surface area contributed by atoms with Crippen molar-refractivity contribution in [1.82, 2.24) is 9.55 Å². The molecule has 24 heavy (non-hydrogen) atoms. The first kappa shape index (κ1) is 17.2. The number of nitrogens with two attached hydrogens (primary N) is 1. The van der Waals surface area contributed by atoms with Gasteiger partial charge in [0, 0.05) is 6.54 Å². The highest BCUT2D eigenvalue weighted by Gasteiger charge is 2.18. The first-order valence-electron chi connectivity index (χ1n) is 7.84. The van der Waals surface area contributed by atoms with Crippen molar-refractivity contribution in [3.8, 4) is 0 Å². The summed E-state index contributed by atoms with van der Waals surface area (Å²) in [6.45, 7) is 2.55. The van der Waals surface area contributed by atoms with Crippen LogP contribution in [0.3, 0.4) is 0 Å². The van der Waals surface area contributed by atoms with Crippen molar-refractivity contribution in [2.75, 3.05) is 0 Å². The van der Waals surface area contributed by atoms with Crippen molar-refractivity contribution in [1.29, 1.82) is 0 Å². The molecule has 0 spiro atoms. The molecule has 1 aromatic heterocycles. The maximum absolute atomic E-state index is 13.5. The minimum absolute atomic E-state index is 0.200. The van der Waals surface area contributed by atoms with E-state index < -0.39 is 0 Å². The average molecular weight is 366 g/mol. The molecule has 3 aromatic rings. The molecule has 0 saturated heterocycles. The number of hydrogen-bond acceptors (Lipinski definition) is 2. The Bertz CT molecular complexity index is 876. The van der Waals surface area contributed by atoms with Gasteiger partial charge in [0.2, 0.25) is 0 Å². The minimum Gasteiger partial charge on any atom is -0.322 e. The van der Waals surface area contributed by atoms with Crippen molar-refractivity contribution in [3.63, 3.8) is 0 Å². The van der Waals surface area contributed by atoms with Crippen LogP contribution in [0.5, 0.6) is 0 Å². The molecular weight excluding hydrogens is 348 g/mol. The predicted octanol–water partition coefficient (Wildman–Crippen LogP) is 5.33. The summed E-state index contributed by atoms with van der Waals surface area (Å²) >= 11 is 12.3. The monoisotopic (exact) mass is 365 g/mol. The molecular formula is C18H18Cl2FN3. The second-order valence-corrected chi connectivity index (χ2v) is 6.65. The van der Waals surface area contributed by atoms with Gasteiger partial charge in [-0.1, -0.05) is 48.7 Å². The number of fused-ring (bicyclic) bond motifs is 1. The molecule has 0 bridgehead atoms. The van der Waals surface area contributed by atoms with Crippen LogP contribution in [0.15, 0.2) is 36.4 Å². The number of imidazole rings is 1. The molecule has 0 aliphatic carbocycles. The van der Waals surface area contributed by atoms with Crippen LogP contribution in [-0.2, 0) is 6.54 Å². The van der Waals surface area contributed by atoms with E-state index in [0.29, 0.717) is 16.6 Å². The Morgan fingerprint density at radius 3 is 2.67 bits per heavy atom. The van der Waals surface area contributed by atoms with Crippen molar-refractivity contribution < 1.29 is 4.39 Å². The van der Waals surface area contributed by atoms with Crippen LogP contribution in [0.25, 0.3) is 11.0 Å². The Hall–Kier alpha value is -1.62. The van der Waals surface area contributed by atoms with E-state index in [1.54, 1.807) is 18.2 Å². The van der Waals surface area contributed by atoms with E-state index in [2.05, 4.69) is 11.9 Å². The normalized spacial score (nSPS) is 12.7. The van der Waals surface area contributed by atoms with Gasteiger partial charge in [-0.05, 0) is 36.2 Å². The van der Waals surface area contributed by atoms with E-state index in [9.17, 15) is 4.39 Å². The summed E-state index contributed by atoms with van der Waals surface area (Å²) < 4.78 is 15.5. The van der Waals surface area contributed by atoms with E-state index in [0.717, 1.165) is 35.3 Å². The second kappa shape index (κ2) is 7.09. The predicted molar refractivity (Wildman–Crippen MR) is 97.1 cm³/mol. The van der Waals surface area contributed by atoms with Crippen LogP contribution in [0, 0.1) is 5.82 Å². The van der Waals surface area contributed by atoms with Crippen molar-refractivity contribution in [2.45, 2.75) is 32.4 Å². The highest BCUT2D eigenvalue weighted by atomic mass is 35.5. The van der Waals surface area contributed by atoms with Crippen LogP contribution in [-0.4, -0.2) is 9.55 Å². The summed E-state index contributed by atoms with van der Waals surface area (Å²) in [5, 5.41) is 0.912. The molecule has 1 heterocycles. The highest BCUT2D eigenvalue weighted by molar-refractivity contribution is 6.42. The van der Waals surface area contributed by atoms with E-state index in [1.165, 1.54) is 12.1 Å². The Morgan fingerprint density at radius 1 is 1.21 bits per heavy atom. The van der Waals surface area contributed by atoms with Gasteiger partial charge in [-0.3, -0.25) is 0 Å². The van der Waals surface area contributed by atoms with Gasteiger partial charge in [0.15, 0.2) is 0 Å². The summed E-state index contributed by atoms with van der Waals surface area (Å²) in [5.74, 6) is 0.492. The molecule has 0 unspecified atom stereocenters. The van der Waals surface area contributed by atoms with Gasteiger partial charge in [0.1, 0.15) is 11.6 Å². The van der Waals surface area contributed by atoms with Crippen molar-refractivity contribution >= 4 is 34.2 Å². The zero-order chi connectivity index (χ0) is 17.3. The van der Waals surface area contributed by atoms with Crippen LogP contribution in [0.1, 0.15) is 37.2 Å². The minimum atomic E-state index is -0.266. The van der Waals surface area contributed by atoms with Crippen LogP contribution in [0.2, 0.25) is 10.0 Å². The lowest BCUT2D eigenvalue weighted by Gasteiger charge is -2.14. The van der Waals surface area contributed by atoms with E-state index >= 15 is 0 Å². The van der Waals surface area contributed by atoms with E-state index in [4.69, 9.17) is 28.9 Å². The SMILES string of the molecule is CCC[C@H](N)c1nc2cc(Cl)c(Cl)cc2n1Cc1cccc(F)c1. The van der Waals surface area contributed by atoms with Crippen molar-refractivity contribution in [2.24, 2.45) is 5.73 Å². The Balaban J connectivity index is 2.14. The first-order valence-corrected chi connectivity index (χ1v) is 8.60. The number of rotatable bonds is 5. The molecule has 0 amide bonds. The lowest BCUT2D eigenvalue weighted by molar-refractivity contribution is 0.570. The highest BCUT2D eigenvalue weighted by Crippen LogP contribution is 2.30. The summed E-state index contributed by atoms with van der Waals surface area (Å²) in [4.78, 5) is 4.65. The molecule has 6 heteroatoms. The van der Waals surface area contributed by atoms with Gasteiger partial charge in [0.25, 0.3) is 0 Å². The fourth-order valence-electron chi connectivity index (χ4n) is 2.85. The van der Waals surface area contributed by atoms with Crippen LogP contribution >= 0.6 is 23.2 Å².